The zero-order valence-electron chi connectivity index (χ0n) is 12.3. The Kier molecular flexibility index (Phi) is 8.30. The third-order valence-electron chi connectivity index (χ3n) is 2.79. The fourth-order valence-corrected chi connectivity index (χ4v) is 3.21. The number of carboxylic acids is 1. The maximum atomic E-state index is 12.0. The molecule has 6 heteroatoms. The highest BCUT2D eigenvalue weighted by molar-refractivity contribution is 7.98. The molecule has 0 aliphatic heterocycles. The van der Waals surface area contributed by atoms with E-state index in [0.717, 1.165) is 22.8 Å². The molecule has 0 aliphatic rings. The van der Waals surface area contributed by atoms with Crippen molar-refractivity contribution in [2.45, 2.75) is 19.1 Å². The van der Waals surface area contributed by atoms with Gasteiger partial charge in [0.25, 0.3) is 0 Å². The fraction of sp³-hybridized carbons (Fsp3) is 0.467. The number of nitrogens with one attached hydrogen (secondary N) is 1. The molecule has 1 rings (SSSR count). The third-order valence-corrected chi connectivity index (χ3v) is 4.65. The number of hydrogen-bond donors (Lipinski definition) is 2. The zero-order valence-corrected chi connectivity index (χ0v) is 13.9. The molecule has 0 saturated heterocycles. The molecule has 2 N–H and O–H groups in total. The van der Waals surface area contributed by atoms with Crippen LogP contribution in [0.3, 0.4) is 0 Å². The van der Waals surface area contributed by atoms with E-state index in [1.807, 2.05) is 37.4 Å². The van der Waals surface area contributed by atoms with Crippen molar-refractivity contribution < 1.29 is 14.7 Å². The fourth-order valence-electron chi connectivity index (χ4n) is 1.68. The molecule has 0 radical (unpaired) electrons. The minimum Gasteiger partial charge on any atom is -0.481 e. The number of carboxylic acid groups (broad SMARTS) is 1. The Balaban J connectivity index is 2.48. The van der Waals surface area contributed by atoms with Crippen molar-refractivity contribution in [2.75, 3.05) is 23.1 Å². The highest BCUT2D eigenvalue weighted by Crippen LogP contribution is 2.18. The van der Waals surface area contributed by atoms with Gasteiger partial charge in [-0.15, -0.1) is 0 Å². The number of carbonyl (C=O) groups is 2. The van der Waals surface area contributed by atoms with Gasteiger partial charge in [0.15, 0.2) is 0 Å². The number of amides is 1. The Labute approximate surface area is 134 Å². The van der Waals surface area contributed by atoms with E-state index in [0.29, 0.717) is 5.75 Å². The summed E-state index contributed by atoms with van der Waals surface area (Å²) in [6.45, 7) is 1.91. The van der Waals surface area contributed by atoms with Crippen molar-refractivity contribution in [2.24, 2.45) is 5.92 Å². The molecule has 1 aromatic rings. The molecular formula is C15H21NO3S2. The molecule has 116 valence electrons. The number of aliphatic carboxylic acids is 1. The number of thioether (sulfide) groups is 2. The number of benzene rings is 1. The molecule has 0 bridgehead atoms. The number of carbonyl (C=O) groups excluding carboxylic acids is 1. The predicted octanol–water partition coefficient (Wildman–Crippen LogP) is 3.33. The van der Waals surface area contributed by atoms with Gasteiger partial charge in [-0.3, -0.25) is 9.59 Å². The molecule has 1 atom stereocenters. The van der Waals surface area contributed by atoms with Gasteiger partial charge in [-0.05, 0) is 24.0 Å². The van der Waals surface area contributed by atoms with Crippen LogP contribution in [-0.2, 0) is 15.3 Å². The standard InChI is InChI=1S/C15H21NO3S2/c1-11(9-20-2)15(19)16-13-5-3-4-12(8-13)10-21-7-6-14(17)18/h3-5,8,11H,6-7,9-10H2,1-2H3,(H,16,19)(H,17,18). The van der Waals surface area contributed by atoms with Gasteiger partial charge in [0.1, 0.15) is 0 Å². The first-order valence-corrected chi connectivity index (χ1v) is 9.26. The molecule has 0 saturated carbocycles. The number of anilines is 1. The van der Waals surface area contributed by atoms with Gasteiger partial charge < -0.3 is 10.4 Å². The van der Waals surface area contributed by atoms with E-state index < -0.39 is 5.97 Å². The Morgan fingerprint density at radius 3 is 2.81 bits per heavy atom. The number of rotatable bonds is 9. The van der Waals surface area contributed by atoms with Crippen molar-refractivity contribution in [3.8, 4) is 0 Å². The predicted molar refractivity (Wildman–Crippen MR) is 91.0 cm³/mol. The molecule has 21 heavy (non-hydrogen) atoms. The lowest BCUT2D eigenvalue weighted by Gasteiger charge is -2.11. The lowest BCUT2D eigenvalue weighted by molar-refractivity contribution is -0.136. The Morgan fingerprint density at radius 2 is 2.14 bits per heavy atom. The maximum Gasteiger partial charge on any atom is 0.304 e. The van der Waals surface area contributed by atoms with E-state index in [1.54, 1.807) is 23.5 Å². The van der Waals surface area contributed by atoms with Gasteiger partial charge in [-0.25, -0.2) is 0 Å². The van der Waals surface area contributed by atoms with Crippen LogP contribution in [0.4, 0.5) is 5.69 Å². The zero-order chi connectivity index (χ0) is 15.7. The van der Waals surface area contributed by atoms with E-state index >= 15 is 0 Å². The molecule has 1 unspecified atom stereocenters. The molecule has 1 aromatic carbocycles. The second-order valence-corrected chi connectivity index (χ2v) is 6.76. The van der Waals surface area contributed by atoms with Gasteiger partial charge in [-0.2, -0.15) is 23.5 Å². The molecule has 0 fully saturated rings. The normalized spacial score (nSPS) is 11.9. The van der Waals surface area contributed by atoms with Crippen LogP contribution in [0.2, 0.25) is 0 Å². The Bertz CT molecular complexity index is 480. The van der Waals surface area contributed by atoms with Crippen molar-refractivity contribution in [3.63, 3.8) is 0 Å². The van der Waals surface area contributed by atoms with Crippen LogP contribution in [0.15, 0.2) is 24.3 Å². The van der Waals surface area contributed by atoms with Crippen molar-refractivity contribution in [1.29, 1.82) is 0 Å². The molecule has 0 aromatic heterocycles. The minimum atomic E-state index is -0.772. The van der Waals surface area contributed by atoms with Crippen molar-refractivity contribution in [1.82, 2.24) is 0 Å². The van der Waals surface area contributed by atoms with E-state index in [4.69, 9.17) is 5.11 Å². The summed E-state index contributed by atoms with van der Waals surface area (Å²) in [5.41, 5.74) is 1.88. The number of hydrogen-bond acceptors (Lipinski definition) is 4. The van der Waals surface area contributed by atoms with Crippen LogP contribution < -0.4 is 5.32 Å². The summed E-state index contributed by atoms with van der Waals surface area (Å²) in [5, 5.41) is 11.5. The second kappa shape index (κ2) is 9.73. The summed E-state index contributed by atoms with van der Waals surface area (Å²) in [6, 6.07) is 7.70. The topological polar surface area (TPSA) is 66.4 Å². The van der Waals surface area contributed by atoms with Crippen LogP contribution in [-0.4, -0.2) is 34.7 Å². The molecular weight excluding hydrogens is 306 g/mol. The van der Waals surface area contributed by atoms with Gasteiger partial charge in [0.05, 0.1) is 6.42 Å². The Hall–Kier alpha value is -1.14. The summed E-state index contributed by atoms with van der Waals surface area (Å²) in [7, 11) is 0. The van der Waals surface area contributed by atoms with Crippen molar-refractivity contribution in [3.05, 3.63) is 29.8 Å². The SMILES string of the molecule is CSCC(C)C(=O)Nc1cccc(CSCCC(=O)O)c1. The van der Waals surface area contributed by atoms with Gasteiger partial charge >= 0.3 is 5.97 Å². The first-order valence-electron chi connectivity index (χ1n) is 6.71. The monoisotopic (exact) mass is 327 g/mol. The first kappa shape index (κ1) is 17.9. The Morgan fingerprint density at radius 1 is 1.38 bits per heavy atom. The average molecular weight is 327 g/mol. The molecule has 4 nitrogen and oxygen atoms in total. The van der Waals surface area contributed by atoms with Crippen LogP contribution in [0.5, 0.6) is 0 Å². The van der Waals surface area contributed by atoms with Crippen LogP contribution in [0.1, 0.15) is 18.9 Å². The van der Waals surface area contributed by atoms with E-state index in [9.17, 15) is 9.59 Å². The lowest BCUT2D eigenvalue weighted by Crippen LogP contribution is -2.22. The molecule has 0 aliphatic carbocycles. The van der Waals surface area contributed by atoms with Crippen LogP contribution in [0, 0.1) is 5.92 Å². The largest absolute Gasteiger partial charge is 0.481 e. The molecule has 1 amide bonds. The minimum absolute atomic E-state index is 0.0198. The smallest absolute Gasteiger partial charge is 0.304 e. The second-order valence-electron chi connectivity index (χ2n) is 4.74. The maximum absolute atomic E-state index is 12.0. The van der Waals surface area contributed by atoms with Crippen LogP contribution in [0.25, 0.3) is 0 Å². The van der Waals surface area contributed by atoms with E-state index in [2.05, 4.69) is 5.32 Å². The van der Waals surface area contributed by atoms with E-state index in [1.165, 1.54) is 0 Å². The highest BCUT2D eigenvalue weighted by atomic mass is 32.2. The summed E-state index contributed by atoms with van der Waals surface area (Å²) in [6.07, 6.45) is 2.16. The summed E-state index contributed by atoms with van der Waals surface area (Å²) < 4.78 is 0. The quantitative estimate of drug-likeness (QED) is 0.681. The van der Waals surface area contributed by atoms with Crippen LogP contribution >= 0.6 is 23.5 Å². The summed E-state index contributed by atoms with van der Waals surface area (Å²) in [5.74, 6) is 1.38. The van der Waals surface area contributed by atoms with Gasteiger partial charge in [0, 0.05) is 28.9 Å². The molecule has 0 spiro atoms. The summed E-state index contributed by atoms with van der Waals surface area (Å²) >= 11 is 3.24. The first-order chi connectivity index (χ1) is 10.0. The van der Waals surface area contributed by atoms with Crippen molar-refractivity contribution >= 4 is 41.1 Å². The van der Waals surface area contributed by atoms with E-state index in [-0.39, 0.29) is 18.2 Å². The summed E-state index contributed by atoms with van der Waals surface area (Å²) in [4.78, 5) is 22.4. The van der Waals surface area contributed by atoms with Gasteiger partial charge in [0.2, 0.25) is 5.91 Å². The van der Waals surface area contributed by atoms with Gasteiger partial charge in [-0.1, -0.05) is 19.1 Å². The lowest BCUT2D eigenvalue weighted by atomic mass is 10.2. The highest BCUT2D eigenvalue weighted by Gasteiger charge is 2.12. The third kappa shape index (κ3) is 7.43. The average Bonchev–Trinajstić information content (AvgIpc) is 2.44. The molecule has 0 heterocycles.